The van der Waals surface area contributed by atoms with Gasteiger partial charge in [-0.3, -0.25) is 0 Å². The van der Waals surface area contributed by atoms with Crippen LogP contribution < -0.4 is 0 Å². The van der Waals surface area contributed by atoms with Gasteiger partial charge >= 0.3 is 0 Å². The average molecular weight is 734 g/mol. The minimum atomic E-state index is 0.625. The van der Waals surface area contributed by atoms with Gasteiger partial charge < -0.3 is 4.57 Å². The third kappa shape index (κ3) is 5.46. The standard InChI is InChI=1S/C50H31N5S/c1-4-13-33(14-5-1)47-52-48(54-49(53-47)42-21-12-20-41-40-19-10-11-22-44(40)55(45(41)42)38-17-8-3-9-18-38)34-25-23-32(24-26-34)36-27-29-39-37(31-36)28-30-43-46(39)56-50(51-43)35-15-6-2-7-16-35/h1-31H. The van der Waals surface area contributed by atoms with Crippen molar-refractivity contribution in [3.63, 3.8) is 0 Å². The molecule has 8 aromatic carbocycles. The van der Waals surface area contributed by atoms with E-state index in [1.807, 2.05) is 24.3 Å². The van der Waals surface area contributed by atoms with E-state index in [-0.39, 0.29) is 0 Å². The van der Waals surface area contributed by atoms with Crippen LogP contribution in [0.4, 0.5) is 0 Å². The fraction of sp³-hybridized carbons (Fsp3) is 0. The normalized spacial score (nSPS) is 11.6. The molecule has 0 aliphatic rings. The van der Waals surface area contributed by atoms with Gasteiger partial charge in [0.05, 0.1) is 21.3 Å². The van der Waals surface area contributed by atoms with Crippen LogP contribution in [0.15, 0.2) is 188 Å². The smallest absolute Gasteiger partial charge is 0.166 e. The van der Waals surface area contributed by atoms with Crippen molar-refractivity contribution < 1.29 is 0 Å². The van der Waals surface area contributed by atoms with E-state index in [0.29, 0.717) is 17.5 Å². The first-order valence-electron chi connectivity index (χ1n) is 18.6. The maximum absolute atomic E-state index is 5.21. The van der Waals surface area contributed by atoms with Crippen LogP contribution in [0.3, 0.4) is 0 Å². The van der Waals surface area contributed by atoms with Crippen molar-refractivity contribution in [1.29, 1.82) is 0 Å². The van der Waals surface area contributed by atoms with Crippen molar-refractivity contribution in [3.05, 3.63) is 188 Å². The van der Waals surface area contributed by atoms with Crippen LogP contribution in [0.5, 0.6) is 0 Å². The second-order valence-corrected chi connectivity index (χ2v) is 14.9. The number of hydrogen-bond acceptors (Lipinski definition) is 5. The predicted octanol–water partition coefficient (Wildman–Crippen LogP) is 13.1. The molecule has 6 heteroatoms. The van der Waals surface area contributed by atoms with E-state index >= 15 is 0 Å². The van der Waals surface area contributed by atoms with E-state index in [9.17, 15) is 0 Å². The fourth-order valence-corrected chi connectivity index (χ4v) is 8.90. The highest BCUT2D eigenvalue weighted by Gasteiger charge is 2.20. The van der Waals surface area contributed by atoms with Gasteiger partial charge in [0.25, 0.3) is 0 Å². The molecule has 0 unspecified atom stereocenters. The third-order valence-corrected chi connectivity index (χ3v) is 11.6. The number of para-hydroxylation sites is 3. The van der Waals surface area contributed by atoms with Crippen molar-refractivity contribution in [2.24, 2.45) is 0 Å². The maximum atomic E-state index is 5.21. The minimum Gasteiger partial charge on any atom is -0.309 e. The molecule has 11 rings (SSSR count). The molecule has 56 heavy (non-hydrogen) atoms. The summed E-state index contributed by atoms with van der Waals surface area (Å²) in [5, 5.41) is 5.79. The van der Waals surface area contributed by atoms with Gasteiger partial charge in [-0.05, 0) is 52.9 Å². The lowest BCUT2D eigenvalue weighted by Gasteiger charge is -2.13. The molecule has 0 fully saturated rings. The van der Waals surface area contributed by atoms with Crippen molar-refractivity contribution in [2.45, 2.75) is 0 Å². The minimum absolute atomic E-state index is 0.625. The zero-order valence-electron chi connectivity index (χ0n) is 30.0. The number of hydrogen-bond donors (Lipinski definition) is 0. The largest absolute Gasteiger partial charge is 0.309 e. The highest BCUT2D eigenvalue weighted by Crippen LogP contribution is 2.39. The first-order chi connectivity index (χ1) is 27.7. The second-order valence-electron chi connectivity index (χ2n) is 13.9. The molecule has 0 aliphatic carbocycles. The molecule has 262 valence electrons. The van der Waals surface area contributed by atoms with Crippen LogP contribution in [-0.4, -0.2) is 24.5 Å². The second kappa shape index (κ2) is 13.2. The molecule has 0 atom stereocenters. The van der Waals surface area contributed by atoms with Gasteiger partial charge in [-0.1, -0.05) is 152 Å². The van der Waals surface area contributed by atoms with Crippen LogP contribution >= 0.6 is 11.3 Å². The van der Waals surface area contributed by atoms with Crippen molar-refractivity contribution >= 4 is 54.1 Å². The molecule has 0 spiro atoms. The summed E-state index contributed by atoms with van der Waals surface area (Å²) in [4.78, 5) is 20.4. The molecular formula is C50H31N5S. The van der Waals surface area contributed by atoms with Gasteiger partial charge in [0.2, 0.25) is 0 Å². The zero-order chi connectivity index (χ0) is 37.0. The summed E-state index contributed by atoms with van der Waals surface area (Å²) in [6, 6.07) is 65.6. The van der Waals surface area contributed by atoms with Crippen LogP contribution in [0.25, 0.3) is 104 Å². The molecule has 3 aromatic heterocycles. The lowest BCUT2D eigenvalue weighted by molar-refractivity contribution is 1.07. The third-order valence-electron chi connectivity index (χ3n) is 10.5. The summed E-state index contributed by atoms with van der Waals surface area (Å²) in [7, 11) is 0. The van der Waals surface area contributed by atoms with Crippen LogP contribution in [0, 0.1) is 0 Å². The van der Waals surface area contributed by atoms with E-state index in [1.54, 1.807) is 11.3 Å². The highest BCUT2D eigenvalue weighted by atomic mass is 32.1. The Kier molecular flexibility index (Phi) is 7.60. The molecule has 3 heterocycles. The molecule has 0 aliphatic heterocycles. The van der Waals surface area contributed by atoms with E-state index in [2.05, 4.69) is 168 Å². The molecule has 0 saturated heterocycles. The predicted molar refractivity (Wildman–Crippen MR) is 232 cm³/mol. The zero-order valence-corrected chi connectivity index (χ0v) is 30.9. The summed E-state index contributed by atoms with van der Waals surface area (Å²) in [6.07, 6.45) is 0. The molecular weight excluding hydrogens is 703 g/mol. The molecule has 11 aromatic rings. The fourth-order valence-electron chi connectivity index (χ4n) is 7.80. The lowest BCUT2D eigenvalue weighted by Crippen LogP contribution is -2.02. The Bertz CT molecular complexity index is 3230. The number of nitrogens with zero attached hydrogens (tertiary/aromatic N) is 5. The summed E-state index contributed by atoms with van der Waals surface area (Å²) in [6.45, 7) is 0. The highest BCUT2D eigenvalue weighted by molar-refractivity contribution is 7.22. The topological polar surface area (TPSA) is 56.5 Å². The summed E-state index contributed by atoms with van der Waals surface area (Å²) < 4.78 is 3.54. The van der Waals surface area contributed by atoms with Gasteiger partial charge in [0.15, 0.2) is 17.5 Å². The van der Waals surface area contributed by atoms with Crippen LogP contribution in [0.2, 0.25) is 0 Å². The maximum Gasteiger partial charge on any atom is 0.166 e. The Morgan fingerprint density at radius 1 is 0.393 bits per heavy atom. The van der Waals surface area contributed by atoms with Crippen molar-refractivity contribution in [3.8, 4) is 61.5 Å². The van der Waals surface area contributed by atoms with Gasteiger partial charge in [0.1, 0.15) is 5.01 Å². The number of thiazole rings is 1. The number of fused-ring (bicyclic) bond motifs is 6. The van der Waals surface area contributed by atoms with Gasteiger partial charge in [-0.15, -0.1) is 11.3 Å². The quantitative estimate of drug-likeness (QED) is 0.171. The van der Waals surface area contributed by atoms with Crippen molar-refractivity contribution in [2.75, 3.05) is 0 Å². The molecule has 5 nitrogen and oxygen atoms in total. The summed E-state index contributed by atoms with van der Waals surface area (Å²) >= 11 is 1.75. The Morgan fingerprint density at radius 2 is 1.00 bits per heavy atom. The Labute approximate surface area is 326 Å². The molecule has 0 amide bonds. The first-order valence-corrected chi connectivity index (χ1v) is 19.5. The van der Waals surface area contributed by atoms with Crippen molar-refractivity contribution in [1.82, 2.24) is 24.5 Å². The SMILES string of the molecule is c1ccc(-c2nc(-c3ccc(-c4ccc5c(ccc6nc(-c7ccccc7)sc65)c4)cc3)nc(-c3cccc4c5ccccc5n(-c5ccccc5)c34)n2)cc1. The van der Waals surface area contributed by atoms with Crippen LogP contribution in [0.1, 0.15) is 0 Å². The van der Waals surface area contributed by atoms with E-state index in [1.165, 1.54) is 20.9 Å². The Morgan fingerprint density at radius 3 is 1.77 bits per heavy atom. The van der Waals surface area contributed by atoms with E-state index < -0.39 is 0 Å². The van der Waals surface area contributed by atoms with E-state index in [4.69, 9.17) is 19.9 Å². The number of aromatic nitrogens is 5. The average Bonchev–Trinajstić information content (AvgIpc) is 3.87. The molecule has 0 radical (unpaired) electrons. The van der Waals surface area contributed by atoms with Gasteiger partial charge in [-0.25, -0.2) is 19.9 Å². The van der Waals surface area contributed by atoms with Crippen LogP contribution in [-0.2, 0) is 0 Å². The van der Waals surface area contributed by atoms with Gasteiger partial charge in [0, 0.05) is 44.1 Å². The molecule has 0 N–H and O–H groups in total. The number of benzene rings is 8. The number of rotatable bonds is 6. The molecule has 0 bridgehead atoms. The Hall–Kier alpha value is -7.28. The van der Waals surface area contributed by atoms with E-state index in [0.717, 1.165) is 66.0 Å². The van der Waals surface area contributed by atoms with Gasteiger partial charge in [-0.2, -0.15) is 0 Å². The summed E-state index contributed by atoms with van der Waals surface area (Å²) in [5.41, 5.74) is 10.5. The first kappa shape index (κ1) is 32.2. The summed E-state index contributed by atoms with van der Waals surface area (Å²) in [5.74, 6) is 1.89. The Balaban J connectivity index is 1.02. The lowest BCUT2D eigenvalue weighted by atomic mass is 10.00. The molecule has 0 saturated carbocycles. The monoisotopic (exact) mass is 733 g/mol.